The van der Waals surface area contributed by atoms with E-state index < -0.39 is 22.5 Å². The van der Waals surface area contributed by atoms with Crippen molar-refractivity contribution >= 4 is 40.4 Å². The predicted octanol–water partition coefficient (Wildman–Crippen LogP) is 3.20. The minimum Gasteiger partial charge on any atom is -0.386 e. The number of halogens is 2. The molecular formula is C28H30ClFN6O3. The number of carbonyl (C=O) groups is 1. The van der Waals surface area contributed by atoms with Crippen molar-refractivity contribution < 1.29 is 14.3 Å². The summed E-state index contributed by atoms with van der Waals surface area (Å²) in [5.74, 6) is -0.390. The molecule has 3 heterocycles. The lowest BCUT2D eigenvalue weighted by Crippen LogP contribution is -2.43. The van der Waals surface area contributed by atoms with Crippen molar-refractivity contribution in [2.45, 2.75) is 36.8 Å². The van der Waals surface area contributed by atoms with E-state index in [0.717, 1.165) is 11.0 Å². The molecule has 9 nitrogen and oxygen atoms in total. The van der Waals surface area contributed by atoms with Crippen LogP contribution in [0.25, 0.3) is 11.3 Å². The summed E-state index contributed by atoms with van der Waals surface area (Å²) in [7, 11) is 1.54. The van der Waals surface area contributed by atoms with Gasteiger partial charge in [0.2, 0.25) is 5.91 Å². The maximum atomic E-state index is 16.2. The molecule has 1 fully saturated rings. The second-order valence-electron chi connectivity index (χ2n) is 9.83. The zero-order valence-electron chi connectivity index (χ0n) is 21.6. The number of aryl methyl sites for hydroxylation is 1. The number of nitrogens with zero attached hydrogens (tertiary/aromatic N) is 4. The molecule has 0 spiro atoms. The summed E-state index contributed by atoms with van der Waals surface area (Å²) < 4.78 is 18.5. The maximum absolute atomic E-state index is 16.2. The SMILES string of the molecule is CCC(=O)Nc1cc(C2(Cl)C(n3ccn(C)c3=O)=C(F)C=C(c3ccccc3)[C@@H]2O)cc(N2CCC(N)C2)n1. The Kier molecular flexibility index (Phi) is 7.19. The Balaban J connectivity index is 1.76. The number of aliphatic hydroxyl groups excluding tert-OH is 1. The van der Waals surface area contributed by atoms with E-state index in [1.54, 1.807) is 37.3 Å². The van der Waals surface area contributed by atoms with E-state index in [1.165, 1.54) is 36.2 Å². The molecule has 1 aromatic carbocycles. The number of anilines is 2. The number of nitrogens with one attached hydrogen (secondary N) is 1. The van der Waals surface area contributed by atoms with Crippen molar-refractivity contribution in [2.24, 2.45) is 12.8 Å². The van der Waals surface area contributed by atoms with E-state index in [2.05, 4.69) is 10.3 Å². The van der Waals surface area contributed by atoms with Gasteiger partial charge < -0.3 is 25.6 Å². The Morgan fingerprint density at radius 1 is 1.28 bits per heavy atom. The Hall–Kier alpha value is -3.73. The standard InChI is InChI=1S/C28H30ClFN6O3/c1-3-24(37)33-22-13-18(14-23(32-22)35-10-9-19(31)16-35)28(29)25(36-12-11-34(2)27(36)39)21(30)15-20(26(28)38)17-7-5-4-6-8-17/h4-8,11-15,19,26,38H,3,9-10,16,31H2,1-2H3,(H,32,33,37)/t19?,26-,28?/m0/s1. The number of aromatic nitrogens is 3. The van der Waals surface area contributed by atoms with Gasteiger partial charge in [-0.05, 0) is 41.3 Å². The first kappa shape index (κ1) is 26.9. The predicted molar refractivity (Wildman–Crippen MR) is 150 cm³/mol. The van der Waals surface area contributed by atoms with E-state index in [1.807, 2.05) is 11.0 Å². The quantitative estimate of drug-likeness (QED) is 0.404. The number of rotatable bonds is 6. The van der Waals surface area contributed by atoms with Crippen molar-refractivity contribution in [1.29, 1.82) is 0 Å². The van der Waals surface area contributed by atoms with Gasteiger partial charge in [-0.3, -0.25) is 9.36 Å². The first-order chi connectivity index (χ1) is 18.6. The molecule has 5 rings (SSSR count). The molecular weight excluding hydrogens is 523 g/mol. The molecule has 3 aromatic rings. The van der Waals surface area contributed by atoms with Gasteiger partial charge in [0.1, 0.15) is 28.4 Å². The van der Waals surface area contributed by atoms with Crippen LogP contribution in [0.3, 0.4) is 0 Å². The Bertz CT molecular complexity index is 1530. The van der Waals surface area contributed by atoms with E-state index in [4.69, 9.17) is 17.3 Å². The molecule has 1 saturated heterocycles. The molecule has 2 aliphatic rings. The summed E-state index contributed by atoms with van der Waals surface area (Å²) in [5.41, 5.74) is 6.45. The molecule has 204 valence electrons. The van der Waals surface area contributed by atoms with Crippen LogP contribution >= 0.6 is 11.6 Å². The molecule has 0 radical (unpaired) electrons. The van der Waals surface area contributed by atoms with Crippen LogP contribution in [0.5, 0.6) is 0 Å². The zero-order valence-corrected chi connectivity index (χ0v) is 22.4. The van der Waals surface area contributed by atoms with Crippen LogP contribution in [0, 0.1) is 0 Å². The van der Waals surface area contributed by atoms with Crippen molar-refractivity contribution in [2.75, 3.05) is 23.3 Å². The smallest absolute Gasteiger partial charge is 0.332 e. The van der Waals surface area contributed by atoms with Gasteiger partial charge in [0, 0.05) is 45.0 Å². The van der Waals surface area contributed by atoms with Crippen LogP contribution in [0.2, 0.25) is 0 Å². The van der Waals surface area contributed by atoms with Gasteiger partial charge in [-0.1, -0.05) is 37.3 Å². The molecule has 1 aliphatic carbocycles. The number of hydrogen-bond donors (Lipinski definition) is 3. The molecule has 3 atom stereocenters. The van der Waals surface area contributed by atoms with Gasteiger partial charge >= 0.3 is 5.69 Å². The molecule has 2 unspecified atom stereocenters. The Morgan fingerprint density at radius 2 is 2.03 bits per heavy atom. The first-order valence-corrected chi connectivity index (χ1v) is 13.1. The maximum Gasteiger partial charge on any atom is 0.332 e. The van der Waals surface area contributed by atoms with Crippen molar-refractivity contribution in [3.8, 4) is 0 Å². The van der Waals surface area contributed by atoms with Gasteiger partial charge in [-0.15, -0.1) is 11.6 Å². The number of amides is 1. The normalized spacial score (nSPS) is 23.2. The topological polar surface area (TPSA) is 118 Å². The van der Waals surface area contributed by atoms with Crippen molar-refractivity contribution in [1.82, 2.24) is 14.1 Å². The fourth-order valence-electron chi connectivity index (χ4n) is 5.07. The number of imidazole rings is 1. The third-order valence-electron chi connectivity index (χ3n) is 7.19. The lowest BCUT2D eigenvalue weighted by Gasteiger charge is -2.39. The van der Waals surface area contributed by atoms with Crippen LogP contribution < -0.4 is 21.6 Å². The number of pyridine rings is 1. The van der Waals surface area contributed by atoms with Crippen molar-refractivity contribution in [3.63, 3.8) is 0 Å². The monoisotopic (exact) mass is 552 g/mol. The van der Waals surface area contributed by atoms with Crippen LogP contribution in [0.4, 0.5) is 16.0 Å². The summed E-state index contributed by atoms with van der Waals surface area (Å²) in [6.45, 7) is 2.86. The number of allylic oxidation sites excluding steroid dienone is 2. The van der Waals surface area contributed by atoms with Crippen LogP contribution in [0.1, 0.15) is 30.9 Å². The molecule has 2 aromatic heterocycles. The van der Waals surface area contributed by atoms with Crippen LogP contribution in [-0.2, 0) is 16.7 Å². The molecule has 0 bridgehead atoms. The summed E-state index contributed by atoms with van der Waals surface area (Å²) in [4.78, 5) is 29.9. The van der Waals surface area contributed by atoms with Crippen molar-refractivity contribution in [3.05, 3.63) is 88.4 Å². The van der Waals surface area contributed by atoms with Crippen LogP contribution in [-0.4, -0.2) is 50.4 Å². The summed E-state index contributed by atoms with van der Waals surface area (Å²) in [5, 5.41) is 14.7. The van der Waals surface area contributed by atoms with Gasteiger partial charge in [-0.25, -0.2) is 14.2 Å². The van der Waals surface area contributed by atoms with E-state index in [-0.39, 0.29) is 41.0 Å². The average molecular weight is 553 g/mol. The second-order valence-corrected chi connectivity index (χ2v) is 10.4. The van der Waals surface area contributed by atoms with Gasteiger partial charge in [0.05, 0.1) is 5.70 Å². The molecule has 39 heavy (non-hydrogen) atoms. The lowest BCUT2D eigenvalue weighted by molar-refractivity contribution is -0.115. The number of nitrogens with two attached hydrogens (primary N) is 1. The minimum atomic E-state index is -1.97. The van der Waals surface area contributed by atoms with Crippen LogP contribution in [0.15, 0.2) is 71.6 Å². The highest BCUT2D eigenvalue weighted by molar-refractivity contribution is 6.31. The Morgan fingerprint density at radius 3 is 2.64 bits per heavy atom. The summed E-state index contributed by atoms with van der Waals surface area (Å²) in [6, 6.07) is 12.0. The fourth-order valence-corrected chi connectivity index (χ4v) is 5.48. The number of aliphatic hydroxyl groups is 1. The highest BCUT2D eigenvalue weighted by Crippen LogP contribution is 2.52. The van der Waals surface area contributed by atoms with E-state index >= 15 is 4.39 Å². The van der Waals surface area contributed by atoms with E-state index in [0.29, 0.717) is 24.5 Å². The zero-order chi connectivity index (χ0) is 27.9. The first-order valence-electron chi connectivity index (χ1n) is 12.7. The summed E-state index contributed by atoms with van der Waals surface area (Å²) >= 11 is 7.38. The third-order valence-corrected chi connectivity index (χ3v) is 7.79. The average Bonchev–Trinajstić information content (AvgIpc) is 3.51. The molecule has 0 saturated carbocycles. The molecule has 11 heteroatoms. The minimum absolute atomic E-state index is 0.0576. The molecule has 1 aliphatic heterocycles. The Labute approximate surface area is 230 Å². The number of benzene rings is 1. The van der Waals surface area contributed by atoms with E-state index in [9.17, 15) is 14.7 Å². The third kappa shape index (κ3) is 4.80. The number of carbonyl (C=O) groups excluding carboxylic acids is 1. The molecule has 1 amide bonds. The molecule has 4 N–H and O–H groups in total. The number of alkyl halides is 1. The number of hydrogen-bond acceptors (Lipinski definition) is 6. The van der Waals surface area contributed by atoms with Gasteiger partial charge in [0.25, 0.3) is 0 Å². The fraction of sp³-hybridized carbons (Fsp3) is 0.321. The largest absolute Gasteiger partial charge is 0.386 e. The highest BCUT2D eigenvalue weighted by Gasteiger charge is 2.50. The lowest BCUT2D eigenvalue weighted by atomic mass is 9.79. The summed E-state index contributed by atoms with van der Waals surface area (Å²) in [6.07, 6.45) is 3.58. The highest BCUT2D eigenvalue weighted by atomic mass is 35.5. The second kappa shape index (κ2) is 10.4. The van der Waals surface area contributed by atoms with Gasteiger partial charge in [0.15, 0.2) is 0 Å². The van der Waals surface area contributed by atoms with Gasteiger partial charge in [-0.2, -0.15) is 0 Å².